The van der Waals surface area contributed by atoms with E-state index in [0.717, 1.165) is 13.0 Å². The first-order chi connectivity index (χ1) is 7.35. The molecule has 0 aliphatic carbocycles. The number of hydrogen-bond acceptors (Lipinski definition) is 3. The van der Waals surface area contributed by atoms with Gasteiger partial charge in [0.1, 0.15) is 0 Å². The van der Waals surface area contributed by atoms with Gasteiger partial charge < -0.3 is 15.3 Å². The van der Waals surface area contributed by atoms with Gasteiger partial charge in [0, 0.05) is 12.1 Å². The van der Waals surface area contributed by atoms with E-state index in [0.29, 0.717) is 12.5 Å². The van der Waals surface area contributed by atoms with Crippen molar-refractivity contribution in [1.82, 2.24) is 10.2 Å². The molecule has 0 aromatic heterocycles. The fourth-order valence-electron chi connectivity index (χ4n) is 2.04. The Bertz CT molecular complexity index is 248. The summed E-state index contributed by atoms with van der Waals surface area (Å²) < 4.78 is 0. The molecule has 0 aromatic rings. The lowest BCUT2D eigenvalue weighted by atomic mass is 10.0. The van der Waals surface area contributed by atoms with Crippen molar-refractivity contribution >= 4 is 5.91 Å². The van der Waals surface area contributed by atoms with Gasteiger partial charge >= 0.3 is 0 Å². The van der Waals surface area contributed by atoms with E-state index in [1.54, 1.807) is 0 Å². The Balaban J connectivity index is 2.48. The molecule has 1 rings (SSSR count). The molecule has 1 heterocycles. The first kappa shape index (κ1) is 13.5. The number of rotatable bonds is 3. The van der Waals surface area contributed by atoms with Crippen molar-refractivity contribution in [2.75, 3.05) is 19.7 Å². The number of carbonyl (C=O) groups excluding carboxylic acids is 1. The monoisotopic (exact) mass is 228 g/mol. The molecule has 0 saturated carbocycles. The maximum Gasteiger partial charge on any atom is 0.236 e. The topological polar surface area (TPSA) is 52.6 Å². The predicted molar refractivity (Wildman–Crippen MR) is 64.1 cm³/mol. The van der Waals surface area contributed by atoms with Crippen LogP contribution in [0.2, 0.25) is 0 Å². The third-order valence-electron chi connectivity index (χ3n) is 3.16. The second-order valence-electron chi connectivity index (χ2n) is 5.71. The van der Waals surface area contributed by atoms with Crippen molar-refractivity contribution in [3.05, 3.63) is 0 Å². The lowest BCUT2D eigenvalue weighted by Gasteiger charge is -2.27. The number of carbonyl (C=O) groups is 1. The quantitative estimate of drug-likeness (QED) is 0.744. The second-order valence-corrected chi connectivity index (χ2v) is 5.71. The van der Waals surface area contributed by atoms with Gasteiger partial charge in [-0.3, -0.25) is 4.79 Å². The van der Waals surface area contributed by atoms with E-state index < -0.39 is 0 Å². The van der Waals surface area contributed by atoms with Crippen molar-refractivity contribution in [1.29, 1.82) is 0 Å². The van der Waals surface area contributed by atoms with E-state index in [1.807, 2.05) is 25.7 Å². The highest BCUT2D eigenvalue weighted by Crippen LogP contribution is 2.23. The molecule has 4 nitrogen and oxygen atoms in total. The van der Waals surface area contributed by atoms with Gasteiger partial charge in [0.05, 0.1) is 19.2 Å². The van der Waals surface area contributed by atoms with Gasteiger partial charge in [0.2, 0.25) is 5.91 Å². The second kappa shape index (κ2) is 5.15. The SMILES string of the molecule is CC1CCN(C(=O)CNC(C)(C)C)C1CO. The van der Waals surface area contributed by atoms with Crippen LogP contribution in [0.1, 0.15) is 34.1 Å². The summed E-state index contributed by atoms with van der Waals surface area (Å²) in [5.74, 6) is 0.502. The molecule has 94 valence electrons. The van der Waals surface area contributed by atoms with Gasteiger partial charge in [-0.15, -0.1) is 0 Å². The Morgan fingerprint density at radius 3 is 2.62 bits per heavy atom. The molecule has 1 aliphatic heterocycles. The molecule has 4 heteroatoms. The first-order valence-electron chi connectivity index (χ1n) is 6.00. The zero-order valence-electron chi connectivity index (χ0n) is 10.8. The molecule has 2 unspecified atom stereocenters. The van der Waals surface area contributed by atoms with Gasteiger partial charge in [0.15, 0.2) is 0 Å². The minimum absolute atomic E-state index is 0.00858. The largest absolute Gasteiger partial charge is 0.394 e. The number of aliphatic hydroxyl groups excluding tert-OH is 1. The van der Waals surface area contributed by atoms with E-state index in [9.17, 15) is 9.90 Å². The van der Waals surface area contributed by atoms with E-state index in [-0.39, 0.29) is 24.1 Å². The van der Waals surface area contributed by atoms with Crippen LogP contribution < -0.4 is 5.32 Å². The van der Waals surface area contributed by atoms with Crippen LogP contribution >= 0.6 is 0 Å². The standard InChI is InChI=1S/C12H24N2O2/c1-9-5-6-14(10(9)8-15)11(16)7-13-12(2,3)4/h9-10,13,15H,5-8H2,1-4H3. The molecular formula is C12H24N2O2. The van der Waals surface area contributed by atoms with E-state index in [4.69, 9.17) is 0 Å². The summed E-state index contributed by atoms with van der Waals surface area (Å²) >= 11 is 0. The molecule has 2 atom stereocenters. The first-order valence-corrected chi connectivity index (χ1v) is 6.00. The summed E-state index contributed by atoms with van der Waals surface area (Å²) in [6.07, 6.45) is 0.993. The maximum absolute atomic E-state index is 12.0. The smallest absolute Gasteiger partial charge is 0.236 e. The molecular weight excluding hydrogens is 204 g/mol. The van der Waals surface area contributed by atoms with Crippen LogP contribution in [0.5, 0.6) is 0 Å². The lowest BCUT2D eigenvalue weighted by molar-refractivity contribution is -0.132. The zero-order valence-corrected chi connectivity index (χ0v) is 10.8. The Morgan fingerprint density at radius 1 is 1.50 bits per heavy atom. The molecule has 16 heavy (non-hydrogen) atoms. The minimum Gasteiger partial charge on any atom is -0.394 e. The number of amides is 1. The van der Waals surface area contributed by atoms with Crippen molar-refractivity contribution in [2.45, 2.75) is 45.7 Å². The summed E-state index contributed by atoms with van der Waals surface area (Å²) in [6, 6.07) is 0.00858. The van der Waals surface area contributed by atoms with E-state index in [2.05, 4.69) is 12.2 Å². The van der Waals surface area contributed by atoms with Gasteiger partial charge in [-0.05, 0) is 33.1 Å². The van der Waals surface area contributed by atoms with Crippen molar-refractivity contribution in [3.63, 3.8) is 0 Å². The van der Waals surface area contributed by atoms with Gasteiger partial charge in [-0.2, -0.15) is 0 Å². The highest BCUT2D eigenvalue weighted by atomic mass is 16.3. The molecule has 0 aromatic carbocycles. The Kier molecular flexibility index (Phi) is 4.33. The van der Waals surface area contributed by atoms with Gasteiger partial charge in [0.25, 0.3) is 0 Å². The highest BCUT2D eigenvalue weighted by Gasteiger charge is 2.33. The van der Waals surface area contributed by atoms with Crippen molar-refractivity contribution in [3.8, 4) is 0 Å². The molecule has 0 radical (unpaired) electrons. The van der Waals surface area contributed by atoms with Crippen molar-refractivity contribution < 1.29 is 9.90 Å². The number of nitrogens with zero attached hydrogens (tertiary/aromatic N) is 1. The highest BCUT2D eigenvalue weighted by molar-refractivity contribution is 5.79. The minimum atomic E-state index is -0.0459. The number of nitrogens with one attached hydrogen (secondary N) is 1. The third-order valence-corrected chi connectivity index (χ3v) is 3.16. The molecule has 1 amide bonds. The summed E-state index contributed by atoms with van der Waals surface area (Å²) in [4.78, 5) is 13.8. The summed E-state index contributed by atoms with van der Waals surface area (Å²) in [5.41, 5.74) is -0.0459. The third kappa shape index (κ3) is 3.46. The van der Waals surface area contributed by atoms with E-state index in [1.165, 1.54) is 0 Å². The van der Waals surface area contributed by atoms with Crippen LogP contribution in [0, 0.1) is 5.92 Å². The molecule has 2 N–H and O–H groups in total. The normalized spacial score (nSPS) is 26.2. The zero-order chi connectivity index (χ0) is 12.3. The summed E-state index contributed by atoms with van der Waals surface area (Å²) in [6.45, 7) is 9.40. The fourth-order valence-corrected chi connectivity index (χ4v) is 2.04. The van der Waals surface area contributed by atoms with Crippen LogP contribution in [0.15, 0.2) is 0 Å². The predicted octanol–water partition coefficient (Wildman–Crippen LogP) is 0.604. The van der Waals surface area contributed by atoms with Crippen molar-refractivity contribution in [2.24, 2.45) is 5.92 Å². The van der Waals surface area contributed by atoms with Crippen LogP contribution in [0.3, 0.4) is 0 Å². The molecule has 0 bridgehead atoms. The average Bonchev–Trinajstić information content (AvgIpc) is 2.54. The molecule has 1 saturated heterocycles. The number of likely N-dealkylation sites (tertiary alicyclic amines) is 1. The summed E-state index contributed by atoms with van der Waals surface area (Å²) in [5, 5.41) is 12.5. The summed E-state index contributed by atoms with van der Waals surface area (Å²) in [7, 11) is 0. The van der Waals surface area contributed by atoms with Crippen LogP contribution in [0.4, 0.5) is 0 Å². The number of aliphatic hydroxyl groups is 1. The number of hydrogen-bond donors (Lipinski definition) is 2. The molecule has 1 aliphatic rings. The van der Waals surface area contributed by atoms with E-state index >= 15 is 0 Å². The van der Waals surface area contributed by atoms with Crippen LogP contribution in [-0.4, -0.2) is 47.2 Å². The Hall–Kier alpha value is -0.610. The fraction of sp³-hybridized carbons (Fsp3) is 0.917. The van der Waals surface area contributed by atoms with Gasteiger partial charge in [-0.25, -0.2) is 0 Å². The maximum atomic E-state index is 12.0. The Labute approximate surface area is 98.0 Å². The lowest BCUT2D eigenvalue weighted by Crippen LogP contribution is -2.47. The van der Waals surface area contributed by atoms with Gasteiger partial charge in [-0.1, -0.05) is 6.92 Å². The van der Waals surface area contributed by atoms with Crippen LogP contribution in [0.25, 0.3) is 0 Å². The molecule has 0 spiro atoms. The Morgan fingerprint density at radius 2 is 2.12 bits per heavy atom. The van der Waals surface area contributed by atoms with Crippen LogP contribution in [-0.2, 0) is 4.79 Å². The molecule has 1 fully saturated rings. The average molecular weight is 228 g/mol.